The summed E-state index contributed by atoms with van der Waals surface area (Å²) in [5.41, 5.74) is 2.12. The van der Waals surface area contributed by atoms with Gasteiger partial charge in [-0.25, -0.2) is 14.5 Å². The van der Waals surface area contributed by atoms with E-state index in [9.17, 15) is 9.59 Å². The Balaban J connectivity index is 1.70. The normalized spacial score (nSPS) is 20.3. The fourth-order valence-electron chi connectivity index (χ4n) is 2.98. The quantitative estimate of drug-likeness (QED) is 0.450. The molecule has 0 amide bonds. The molecule has 6 nitrogen and oxygen atoms in total. The summed E-state index contributed by atoms with van der Waals surface area (Å²) >= 11 is 0. The van der Waals surface area contributed by atoms with Crippen molar-refractivity contribution in [1.29, 1.82) is 0 Å². The van der Waals surface area contributed by atoms with Crippen molar-refractivity contribution in [2.24, 2.45) is 5.92 Å². The molecule has 2 rings (SSSR count). The van der Waals surface area contributed by atoms with Crippen LogP contribution in [0.4, 0.5) is 4.79 Å². The largest absolute Gasteiger partial charge is 0.543 e. The SMILES string of the molecule is CCC1CCC(OC(=O)OOOC(=O)c2ccc(C)cc2C)CC1. The molecule has 1 aromatic carbocycles. The van der Waals surface area contributed by atoms with Gasteiger partial charge in [-0.05, 0) is 57.1 Å². The molecular weight excluding hydrogens is 312 g/mol. The van der Waals surface area contributed by atoms with Gasteiger partial charge >= 0.3 is 12.1 Å². The minimum atomic E-state index is -0.997. The van der Waals surface area contributed by atoms with E-state index in [1.54, 1.807) is 19.1 Å². The van der Waals surface area contributed by atoms with E-state index in [2.05, 4.69) is 21.7 Å². The second-order valence-corrected chi connectivity index (χ2v) is 6.26. The average molecular weight is 336 g/mol. The minimum Gasteiger partial charge on any atom is -0.429 e. The van der Waals surface area contributed by atoms with Crippen LogP contribution < -0.4 is 0 Å². The molecule has 0 heterocycles. The van der Waals surface area contributed by atoms with Gasteiger partial charge in [0.25, 0.3) is 0 Å². The fraction of sp³-hybridized carbons (Fsp3) is 0.556. The zero-order valence-electron chi connectivity index (χ0n) is 14.4. The van der Waals surface area contributed by atoms with Crippen LogP contribution in [-0.4, -0.2) is 18.2 Å². The highest BCUT2D eigenvalue weighted by molar-refractivity contribution is 5.90. The van der Waals surface area contributed by atoms with E-state index in [0.29, 0.717) is 11.5 Å². The summed E-state index contributed by atoms with van der Waals surface area (Å²) in [6.45, 7) is 5.87. The molecule has 24 heavy (non-hydrogen) atoms. The lowest BCUT2D eigenvalue weighted by Gasteiger charge is -2.26. The van der Waals surface area contributed by atoms with E-state index in [0.717, 1.165) is 43.2 Å². The van der Waals surface area contributed by atoms with Crippen LogP contribution >= 0.6 is 0 Å². The van der Waals surface area contributed by atoms with Gasteiger partial charge in [0.15, 0.2) is 0 Å². The predicted molar refractivity (Wildman–Crippen MR) is 86.0 cm³/mol. The van der Waals surface area contributed by atoms with Gasteiger partial charge in [-0.15, -0.1) is 0 Å². The Hall–Kier alpha value is -2.08. The Kier molecular flexibility index (Phi) is 6.61. The Morgan fingerprint density at radius 1 is 1.08 bits per heavy atom. The molecule has 0 radical (unpaired) electrons. The molecule has 0 bridgehead atoms. The lowest BCUT2D eigenvalue weighted by Crippen LogP contribution is -2.25. The third kappa shape index (κ3) is 5.23. The van der Waals surface area contributed by atoms with Crippen LogP contribution in [0.3, 0.4) is 0 Å². The Labute approximate surface area is 141 Å². The van der Waals surface area contributed by atoms with Gasteiger partial charge in [0.1, 0.15) is 6.10 Å². The molecule has 132 valence electrons. The topological polar surface area (TPSA) is 71.1 Å². The van der Waals surface area contributed by atoms with Crippen molar-refractivity contribution in [3.8, 4) is 0 Å². The molecule has 1 aliphatic carbocycles. The van der Waals surface area contributed by atoms with Crippen LogP contribution in [0.5, 0.6) is 0 Å². The molecule has 6 heteroatoms. The van der Waals surface area contributed by atoms with Crippen LogP contribution in [0.1, 0.15) is 60.5 Å². The minimum absolute atomic E-state index is 0.168. The summed E-state index contributed by atoms with van der Waals surface area (Å²) in [7, 11) is 0. The van der Waals surface area contributed by atoms with Crippen LogP contribution in [0.25, 0.3) is 0 Å². The van der Waals surface area contributed by atoms with Gasteiger partial charge in [0, 0.05) is 0 Å². The van der Waals surface area contributed by atoms with Gasteiger partial charge < -0.3 is 4.74 Å². The van der Waals surface area contributed by atoms with Crippen molar-refractivity contribution in [2.75, 3.05) is 0 Å². The van der Waals surface area contributed by atoms with Crippen LogP contribution in [0, 0.1) is 19.8 Å². The summed E-state index contributed by atoms with van der Waals surface area (Å²) in [5.74, 6) is -0.0282. The molecule has 0 N–H and O–H groups in total. The highest BCUT2D eigenvalue weighted by Gasteiger charge is 2.24. The zero-order valence-corrected chi connectivity index (χ0v) is 14.4. The van der Waals surface area contributed by atoms with E-state index >= 15 is 0 Å². The number of carbonyl (C=O) groups is 2. The van der Waals surface area contributed by atoms with E-state index in [1.165, 1.54) is 0 Å². The van der Waals surface area contributed by atoms with E-state index in [4.69, 9.17) is 4.74 Å². The number of benzene rings is 1. The molecule has 0 unspecified atom stereocenters. The van der Waals surface area contributed by atoms with Gasteiger partial charge in [-0.1, -0.05) is 31.0 Å². The number of ether oxygens (including phenoxy) is 1. The summed E-state index contributed by atoms with van der Waals surface area (Å²) in [6.07, 6.45) is 3.69. The zero-order chi connectivity index (χ0) is 17.5. The molecule has 0 spiro atoms. The lowest BCUT2D eigenvalue weighted by atomic mass is 9.86. The molecular formula is C18H24O6. The summed E-state index contributed by atoms with van der Waals surface area (Å²) < 4.78 is 5.13. The van der Waals surface area contributed by atoms with Crippen LogP contribution in [-0.2, 0) is 19.6 Å². The first-order chi connectivity index (χ1) is 11.5. The van der Waals surface area contributed by atoms with Crippen LogP contribution in [0.15, 0.2) is 18.2 Å². The Bertz CT molecular complexity index is 575. The second kappa shape index (κ2) is 8.68. The molecule has 0 saturated heterocycles. The van der Waals surface area contributed by atoms with Gasteiger partial charge in [-0.3, -0.25) is 4.89 Å². The highest BCUT2D eigenvalue weighted by Crippen LogP contribution is 2.28. The van der Waals surface area contributed by atoms with E-state index in [1.807, 2.05) is 13.0 Å². The second-order valence-electron chi connectivity index (χ2n) is 6.26. The lowest BCUT2D eigenvalue weighted by molar-refractivity contribution is -0.453. The number of hydrogen-bond acceptors (Lipinski definition) is 6. The molecule has 1 aromatic rings. The first-order valence-electron chi connectivity index (χ1n) is 8.33. The number of carbonyl (C=O) groups excluding carboxylic acids is 2. The molecule has 1 fully saturated rings. The third-order valence-electron chi connectivity index (χ3n) is 4.45. The maximum absolute atomic E-state index is 11.8. The van der Waals surface area contributed by atoms with Crippen molar-refractivity contribution >= 4 is 12.1 Å². The van der Waals surface area contributed by atoms with E-state index < -0.39 is 12.1 Å². The number of aryl methyl sites for hydroxylation is 2. The fourth-order valence-corrected chi connectivity index (χ4v) is 2.98. The van der Waals surface area contributed by atoms with Crippen molar-refractivity contribution in [3.05, 3.63) is 34.9 Å². The van der Waals surface area contributed by atoms with Crippen LogP contribution in [0.2, 0.25) is 0 Å². The van der Waals surface area contributed by atoms with Crippen molar-refractivity contribution < 1.29 is 29.1 Å². The molecule has 1 aliphatic rings. The maximum atomic E-state index is 11.8. The molecule has 0 aromatic heterocycles. The first kappa shape index (κ1) is 18.3. The monoisotopic (exact) mass is 336 g/mol. The predicted octanol–water partition coefficient (Wildman–Crippen LogP) is 4.43. The van der Waals surface area contributed by atoms with E-state index in [-0.39, 0.29) is 6.10 Å². The first-order valence-corrected chi connectivity index (χ1v) is 8.33. The number of rotatable bonds is 5. The molecule has 0 atom stereocenters. The third-order valence-corrected chi connectivity index (χ3v) is 4.45. The standard InChI is InChI=1S/C18H24O6/c1-4-14-6-8-15(9-7-14)21-18(20)23-24-22-17(19)16-10-5-12(2)11-13(16)3/h5,10-11,14-15H,4,6-9H2,1-3H3. The van der Waals surface area contributed by atoms with Gasteiger partial charge in [0.2, 0.25) is 0 Å². The van der Waals surface area contributed by atoms with Gasteiger partial charge in [0.05, 0.1) is 10.6 Å². The highest BCUT2D eigenvalue weighted by atomic mass is 17.5. The Morgan fingerprint density at radius 2 is 1.79 bits per heavy atom. The summed E-state index contributed by atoms with van der Waals surface area (Å²) in [5, 5.41) is 4.26. The van der Waals surface area contributed by atoms with Gasteiger partial charge in [-0.2, -0.15) is 0 Å². The smallest absolute Gasteiger partial charge is 0.429 e. The maximum Gasteiger partial charge on any atom is 0.543 e. The van der Waals surface area contributed by atoms with Crippen molar-refractivity contribution in [2.45, 2.75) is 59.0 Å². The molecule has 1 saturated carbocycles. The van der Waals surface area contributed by atoms with Crippen molar-refractivity contribution in [3.63, 3.8) is 0 Å². The average Bonchev–Trinajstić information content (AvgIpc) is 2.55. The summed E-state index contributed by atoms with van der Waals surface area (Å²) in [4.78, 5) is 32.2. The summed E-state index contributed by atoms with van der Waals surface area (Å²) in [6, 6.07) is 5.25. The molecule has 0 aliphatic heterocycles. The van der Waals surface area contributed by atoms with Crippen molar-refractivity contribution in [1.82, 2.24) is 0 Å². The number of hydrogen-bond donors (Lipinski definition) is 0. The Morgan fingerprint density at radius 3 is 2.42 bits per heavy atom.